The molecule has 9 heteroatoms. The van der Waals surface area contributed by atoms with Gasteiger partial charge in [-0.25, -0.2) is 14.5 Å². The first-order valence-electron chi connectivity index (χ1n) is 13.7. The number of nitrogens with one attached hydrogen (secondary N) is 1. The van der Waals surface area contributed by atoms with Gasteiger partial charge < -0.3 is 24.4 Å². The second kappa shape index (κ2) is 11.5. The Labute approximate surface area is 235 Å². The molecule has 1 saturated heterocycles. The van der Waals surface area contributed by atoms with Crippen molar-refractivity contribution >= 4 is 22.9 Å². The molecule has 0 bridgehead atoms. The van der Waals surface area contributed by atoms with Crippen LogP contribution in [0.25, 0.3) is 11.0 Å². The van der Waals surface area contributed by atoms with Gasteiger partial charge in [-0.15, -0.1) is 0 Å². The third-order valence-corrected chi connectivity index (χ3v) is 6.75. The maximum absolute atomic E-state index is 12.8. The summed E-state index contributed by atoms with van der Waals surface area (Å²) in [5.41, 5.74) is 2.40. The molecule has 1 atom stereocenters. The first-order valence-corrected chi connectivity index (χ1v) is 13.7. The lowest BCUT2D eigenvalue weighted by atomic mass is 10.1. The molecular formula is C31H37N5O4. The Morgan fingerprint density at radius 1 is 1.05 bits per heavy atom. The van der Waals surface area contributed by atoms with Gasteiger partial charge in [0.15, 0.2) is 11.5 Å². The molecule has 0 aliphatic carbocycles. The van der Waals surface area contributed by atoms with E-state index >= 15 is 0 Å². The molecule has 0 spiro atoms. The van der Waals surface area contributed by atoms with Crippen LogP contribution in [0, 0.1) is 6.92 Å². The van der Waals surface area contributed by atoms with Crippen molar-refractivity contribution in [1.29, 1.82) is 0 Å². The summed E-state index contributed by atoms with van der Waals surface area (Å²) >= 11 is 0. The van der Waals surface area contributed by atoms with Crippen LogP contribution in [0.5, 0.6) is 17.2 Å². The molecule has 1 aliphatic rings. The van der Waals surface area contributed by atoms with Crippen molar-refractivity contribution in [3.8, 4) is 17.2 Å². The Morgan fingerprint density at radius 2 is 1.77 bits per heavy atom. The number of fused-ring (bicyclic) bond motifs is 1. The van der Waals surface area contributed by atoms with Gasteiger partial charge in [0.1, 0.15) is 28.2 Å². The quantitative estimate of drug-likeness (QED) is 0.288. The summed E-state index contributed by atoms with van der Waals surface area (Å²) in [6.45, 7) is 9.42. The summed E-state index contributed by atoms with van der Waals surface area (Å²) in [5, 5.41) is 9.37. The lowest BCUT2D eigenvalue weighted by Gasteiger charge is -2.34. The molecule has 1 amide bonds. The zero-order valence-electron chi connectivity index (χ0n) is 23.8. The van der Waals surface area contributed by atoms with E-state index in [0.717, 1.165) is 40.9 Å². The van der Waals surface area contributed by atoms with Gasteiger partial charge in [0.2, 0.25) is 0 Å². The van der Waals surface area contributed by atoms with E-state index in [0.29, 0.717) is 36.8 Å². The summed E-state index contributed by atoms with van der Waals surface area (Å²) < 4.78 is 19.2. The number of hydrogen-bond acceptors (Lipinski definition) is 7. The summed E-state index contributed by atoms with van der Waals surface area (Å²) in [4.78, 5) is 19.2. The highest BCUT2D eigenvalue weighted by Crippen LogP contribution is 2.35. The number of aryl methyl sites for hydroxylation is 1. The SMILES string of the molecule is COc1ccc(Cn2nc(N[C@@H]3CCCN(C(=O)OC(C)(C)C)C3)c3c(Oc4ccc(C)cc4)ccnc32)cc1. The number of hydrogen-bond donors (Lipinski definition) is 1. The van der Waals surface area contributed by atoms with Crippen LogP contribution in [0.2, 0.25) is 0 Å². The van der Waals surface area contributed by atoms with Gasteiger partial charge in [-0.1, -0.05) is 29.8 Å². The van der Waals surface area contributed by atoms with E-state index < -0.39 is 5.60 Å². The Morgan fingerprint density at radius 3 is 2.48 bits per heavy atom. The minimum atomic E-state index is -0.540. The molecule has 1 fully saturated rings. The molecule has 3 heterocycles. The molecule has 0 radical (unpaired) electrons. The Bertz CT molecular complexity index is 1460. The van der Waals surface area contributed by atoms with Crippen LogP contribution >= 0.6 is 0 Å². The van der Waals surface area contributed by atoms with Crippen molar-refractivity contribution < 1.29 is 19.0 Å². The average Bonchev–Trinajstić information content (AvgIpc) is 3.27. The maximum atomic E-state index is 12.8. The number of methoxy groups -OCH3 is 1. The third-order valence-electron chi connectivity index (χ3n) is 6.75. The minimum Gasteiger partial charge on any atom is -0.497 e. The largest absolute Gasteiger partial charge is 0.497 e. The second-order valence-electron chi connectivity index (χ2n) is 11.2. The van der Waals surface area contributed by atoms with Gasteiger partial charge in [-0.2, -0.15) is 5.10 Å². The predicted molar refractivity (Wildman–Crippen MR) is 155 cm³/mol. The number of likely N-dealkylation sites (tertiary alicyclic amines) is 1. The highest BCUT2D eigenvalue weighted by Gasteiger charge is 2.29. The number of pyridine rings is 1. The fraction of sp³-hybridized carbons (Fsp3) is 0.387. The summed E-state index contributed by atoms with van der Waals surface area (Å²) in [6, 6.07) is 17.7. The van der Waals surface area contributed by atoms with Crippen molar-refractivity contribution in [1.82, 2.24) is 19.7 Å². The van der Waals surface area contributed by atoms with E-state index in [4.69, 9.17) is 24.3 Å². The number of carbonyl (C=O) groups excluding carboxylic acids is 1. The smallest absolute Gasteiger partial charge is 0.410 e. The summed E-state index contributed by atoms with van der Waals surface area (Å²) in [6.07, 6.45) is 3.22. The van der Waals surface area contributed by atoms with Crippen LogP contribution in [0.15, 0.2) is 60.8 Å². The van der Waals surface area contributed by atoms with E-state index in [-0.39, 0.29) is 12.1 Å². The molecule has 2 aromatic carbocycles. The minimum absolute atomic E-state index is 0.00114. The van der Waals surface area contributed by atoms with Gasteiger partial charge in [0.05, 0.1) is 13.7 Å². The lowest BCUT2D eigenvalue weighted by molar-refractivity contribution is 0.0206. The van der Waals surface area contributed by atoms with Crippen molar-refractivity contribution in [2.45, 2.75) is 58.7 Å². The summed E-state index contributed by atoms with van der Waals surface area (Å²) in [7, 11) is 1.66. The molecule has 40 heavy (non-hydrogen) atoms. The number of benzene rings is 2. The van der Waals surface area contributed by atoms with Crippen molar-refractivity contribution in [3.63, 3.8) is 0 Å². The summed E-state index contributed by atoms with van der Waals surface area (Å²) in [5.74, 6) is 2.88. The van der Waals surface area contributed by atoms with Gasteiger partial charge >= 0.3 is 6.09 Å². The molecule has 1 N–H and O–H groups in total. The molecule has 1 aliphatic heterocycles. The number of aromatic nitrogens is 3. The molecule has 2 aromatic heterocycles. The van der Waals surface area contributed by atoms with Gasteiger partial charge in [0, 0.05) is 31.4 Å². The fourth-order valence-electron chi connectivity index (χ4n) is 4.78. The van der Waals surface area contributed by atoms with Crippen LogP contribution in [-0.4, -0.2) is 57.6 Å². The number of ether oxygens (including phenoxy) is 3. The van der Waals surface area contributed by atoms with E-state index in [1.165, 1.54) is 0 Å². The van der Waals surface area contributed by atoms with E-state index in [2.05, 4.69) is 5.32 Å². The van der Waals surface area contributed by atoms with Crippen molar-refractivity contribution in [2.24, 2.45) is 0 Å². The number of amides is 1. The van der Waals surface area contributed by atoms with Gasteiger partial charge in [0.25, 0.3) is 0 Å². The second-order valence-corrected chi connectivity index (χ2v) is 11.2. The maximum Gasteiger partial charge on any atom is 0.410 e. The first kappa shape index (κ1) is 27.3. The van der Waals surface area contributed by atoms with Crippen LogP contribution in [0.4, 0.5) is 10.6 Å². The zero-order valence-corrected chi connectivity index (χ0v) is 23.8. The number of nitrogens with zero attached hydrogens (tertiary/aromatic N) is 4. The standard InChI is InChI=1S/C31H37N5O4/c1-21-8-12-25(13-9-21)39-26-16-17-32-29-27(26)28(34-36(29)19-22-10-14-24(38-5)15-11-22)33-23-7-6-18-35(20-23)30(37)40-31(2,3)4/h8-17,23H,6-7,18-20H2,1-5H3,(H,33,34)/t23-/m1/s1. The highest BCUT2D eigenvalue weighted by molar-refractivity contribution is 5.93. The molecule has 4 aromatic rings. The first-order chi connectivity index (χ1) is 19.2. The topological polar surface area (TPSA) is 90.7 Å². The lowest BCUT2D eigenvalue weighted by Crippen LogP contribution is -2.47. The van der Waals surface area contributed by atoms with E-state index in [9.17, 15) is 4.79 Å². The Kier molecular flexibility index (Phi) is 7.82. The molecule has 210 valence electrons. The van der Waals surface area contributed by atoms with Crippen LogP contribution in [0.1, 0.15) is 44.7 Å². The van der Waals surface area contributed by atoms with Gasteiger partial charge in [-0.3, -0.25) is 0 Å². The number of carbonyl (C=O) groups is 1. The number of piperidine rings is 1. The molecule has 9 nitrogen and oxygen atoms in total. The van der Waals surface area contributed by atoms with Crippen molar-refractivity contribution in [2.75, 3.05) is 25.5 Å². The zero-order chi connectivity index (χ0) is 28.3. The predicted octanol–water partition coefficient (Wildman–Crippen LogP) is 6.40. The van der Waals surface area contributed by atoms with E-state index in [1.54, 1.807) is 18.2 Å². The van der Waals surface area contributed by atoms with Crippen molar-refractivity contribution in [3.05, 3.63) is 71.9 Å². The molecule has 0 saturated carbocycles. The van der Waals surface area contributed by atoms with Crippen LogP contribution in [-0.2, 0) is 11.3 Å². The number of rotatable bonds is 7. The normalized spacial score (nSPS) is 15.6. The van der Waals surface area contributed by atoms with Crippen LogP contribution in [0.3, 0.4) is 0 Å². The number of anilines is 1. The average molecular weight is 544 g/mol. The monoisotopic (exact) mass is 543 g/mol. The molecule has 0 unspecified atom stereocenters. The van der Waals surface area contributed by atoms with Gasteiger partial charge in [-0.05, 0) is 70.4 Å². The fourth-order valence-corrected chi connectivity index (χ4v) is 4.78. The third kappa shape index (κ3) is 6.47. The Balaban J connectivity index is 1.46. The molecular weight excluding hydrogens is 506 g/mol. The Hall–Kier alpha value is -4.27. The van der Waals surface area contributed by atoms with E-state index in [1.807, 2.05) is 87.0 Å². The van der Waals surface area contributed by atoms with Crippen LogP contribution < -0.4 is 14.8 Å². The molecule has 5 rings (SSSR count). The highest BCUT2D eigenvalue weighted by atomic mass is 16.6.